The van der Waals surface area contributed by atoms with Gasteiger partial charge in [0.05, 0.1) is 4.99 Å². The van der Waals surface area contributed by atoms with Gasteiger partial charge < -0.3 is 4.90 Å². The van der Waals surface area contributed by atoms with Crippen LogP contribution in [0.4, 0.5) is 0 Å². The zero-order valence-electron chi connectivity index (χ0n) is 8.46. The maximum Gasteiger partial charge on any atom is 0.0785 e. The molecule has 0 radical (unpaired) electrons. The van der Waals surface area contributed by atoms with Crippen LogP contribution in [0.25, 0.3) is 0 Å². The van der Waals surface area contributed by atoms with Gasteiger partial charge in [-0.3, -0.25) is 0 Å². The Morgan fingerprint density at radius 3 is 3.00 bits per heavy atom. The Bertz CT molecular complexity index is 200. The molecule has 0 aromatic heterocycles. The first-order chi connectivity index (χ1) is 6.33. The predicted octanol–water partition coefficient (Wildman–Crippen LogP) is 3.13. The number of hydrogen-bond acceptors (Lipinski definition) is 1. The van der Waals surface area contributed by atoms with Gasteiger partial charge in [0.25, 0.3) is 0 Å². The highest BCUT2D eigenvalue weighted by Gasteiger charge is 2.35. The van der Waals surface area contributed by atoms with Gasteiger partial charge in [0.2, 0.25) is 0 Å². The third kappa shape index (κ3) is 1.74. The van der Waals surface area contributed by atoms with E-state index in [-0.39, 0.29) is 0 Å². The number of fused-ring (bicyclic) bond motifs is 1. The Balaban J connectivity index is 2.05. The van der Waals surface area contributed by atoms with E-state index in [0.29, 0.717) is 0 Å². The van der Waals surface area contributed by atoms with Crippen LogP contribution < -0.4 is 0 Å². The maximum atomic E-state index is 5.43. The molecule has 0 bridgehead atoms. The zero-order valence-corrected chi connectivity index (χ0v) is 9.28. The predicted molar refractivity (Wildman–Crippen MR) is 60.0 cm³/mol. The van der Waals surface area contributed by atoms with E-state index >= 15 is 0 Å². The topological polar surface area (TPSA) is 3.24 Å². The fourth-order valence-electron chi connectivity index (χ4n) is 2.89. The van der Waals surface area contributed by atoms with Crippen molar-refractivity contribution in [1.82, 2.24) is 4.90 Å². The normalized spacial score (nSPS) is 33.6. The summed E-state index contributed by atoms with van der Waals surface area (Å²) in [6.45, 7) is 2.28. The van der Waals surface area contributed by atoms with Crippen molar-refractivity contribution in [3.63, 3.8) is 0 Å². The van der Waals surface area contributed by atoms with Crippen LogP contribution in [-0.2, 0) is 0 Å². The fraction of sp³-hybridized carbons (Fsp3) is 0.909. The first kappa shape index (κ1) is 9.45. The lowest BCUT2D eigenvalue weighted by Crippen LogP contribution is -2.44. The molecule has 2 heteroatoms. The average Bonchev–Trinajstić information content (AvgIpc) is 2.50. The molecule has 2 saturated heterocycles. The van der Waals surface area contributed by atoms with Crippen LogP contribution in [0.5, 0.6) is 0 Å². The molecular formula is C11H19NS. The fourth-order valence-corrected chi connectivity index (χ4v) is 3.31. The van der Waals surface area contributed by atoms with Gasteiger partial charge in [-0.05, 0) is 38.5 Å². The van der Waals surface area contributed by atoms with Gasteiger partial charge in [-0.25, -0.2) is 0 Å². The summed E-state index contributed by atoms with van der Waals surface area (Å²) in [5.74, 6) is 0. The first-order valence-corrected chi connectivity index (χ1v) is 6.05. The first-order valence-electron chi connectivity index (χ1n) is 5.64. The third-order valence-electron chi connectivity index (χ3n) is 3.46. The molecule has 2 atom stereocenters. The number of thiocarbonyl (C=S) groups is 1. The molecule has 13 heavy (non-hydrogen) atoms. The number of rotatable bonds is 2. The minimum absolute atomic E-state index is 0.791. The highest BCUT2D eigenvalue weighted by Crippen LogP contribution is 2.34. The number of nitrogens with zero attached hydrogens (tertiary/aromatic N) is 1. The molecule has 2 fully saturated rings. The standard InChI is InChI=1S/C11H19NS/c1-2-4-9-5-3-6-10-7-8-11(13)12(9)10/h9-10H,2-8H2,1H3/t9-,10+/m0/s1. The van der Waals surface area contributed by atoms with E-state index in [2.05, 4.69) is 11.8 Å². The van der Waals surface area contributed by atoms with Crippen molar-refractivity contribution in [2.75, 3.05) is 0 Å². The van der Waals surface area contributed by atoms with E-state index in [4.69, 9.17) is 12.2 Å². The second-order valence-electron chi connectivity index (χ2n) is 4.37. The minimum Gasteiger partial charge on any atom is -0.360 e. The summed E-state index contributed by atoms with van der Waals surface area (Å²) in [5.41, 5.74) is 0. The Morgan fingerprint density at radius 1 is 1.38 bits per heavy atom. The molecule has 2 aliphatic heterocycles. The van der Waals surface area contributed by atoms with Crippen LogP contribution in [0.1, 0.15) is 51.9 Å². The van der Waals surface area contributed by atoms with Crippen LogP contribution >= 0.6 is 12.2 Å². The Kier molecular flexibility index (Phi) is 2.87. The monoisotopic (exact) mass is 197 g/mol. The van der Waals surface area contributed by atoms with E-state index in [0.717, 1.165) is 12.1 Å². The van der Waals surface area contributed by atoms with Crippen LogP contribution in [0, 0.1) is 0 Å². The lowest BCUT2D eigenvalue weighted by atomic mass is 9.94. The number of piperidine rings is 1. The van der Waals surface area contributed by atoms with Crippen molar-refractivity contribution in [3.8, 4) is 0 Å². The summed E-state index contributed by atoms with van der Waals surface area (Å²) in [6, 6.07) is 1.61. The molecule has 0 aromatic rings. The van der Waals surface area contributed by atoms with E-state index < -0.39 is 0 Å². The van der Waals surface area contributed by atoms with E-state index in [1.165, 1.54) is 49.9 Å². The smallest absolute Gasteiger partial charge is 0.0785 e. The van der Waals surface area contributed by atoms with Gasteiger partial charge in [-0.1, -0.05) is 25.6 Å². The van der Waals surface area contributed by atoms with Gasteiger partial charge in [0.1, 0.15) is 0 Å². The van der Waals surface area contributed by atoms with E-state index in [9.17, 15) is 0 Å². The maximum absolute atomic E-state index is 5.43. The largest absolute Gasteiger partial charge is 0.360 e. The molecule has 0 unspecified atom stereocenters. The second-order valence-corrected chi connectivity index (χ2v) is 4.84. The summed E-state index contributed by atoms with van der Waals surface area (Å²) in [5, 5.41) is 0. The van der Waals surface area contributed by atoms with Crippen molar-refractivity contribution in [2.24, 2.45) is 0 Å². The molecule has 2 heterocycles. The Hall–Kier alpha value is -0.110. The van der Waals surface area contributed by atoms with Crippen molar-refractivity contribution in [3.05, 3.63) is 0 Å². The molecule has 0 N–H and O–H groups in total. The molecule has 1 nitrogen and oxygen atoms in total. The molecule has 74 valence electrons. The van der Waals surface area contributed by atoms with Crippen molar-refractivity contribution in [2.45, 2.75) is 64.0 Å². The Labute approximate surface area is 86.5 Å². The summed E-state index contributed by atoms with van der Waals surface area (Å²) < 4.78 is 0. The van der Waals surface area contributed by atoms with E-state index in [1.807, 2.05) is 0 Å². The van der Waals surface area contributed by atoms with Crippen molar-refractivity contribution in [1.29, 1.82) is 0 Å². The molecule has 0 aromatic carbocycles. The van der Waals surface area contributed by atoms with Gasteiger partial charge in [-0.2, -0.15) is 0 Å². The Morgan fingerprint density at radius 2 is 2.23 bits per heavy atom. The SMILES string of the molecule is CCC[C@H]1CCC[C@@H]2CCC(=S)N21. The average molecular weight is 197 g/mol. The molecule has 0 amide bonds. The molecular weight excluding hydrogens is 178 g/mol. The van der Waals surface area contributed by atoms with Crippen molar-refractivity contribution >= 4 is 17.2 Å². The molecule has 2 aliphatic rings. The van der Waals surface area contributed by atoms with Gasteiger partial charge in [0, 0.05) is 12.1 Å². The molecule has 0 saturated carbocycles. The summed E-state index contributed by atoms with van der Waals surface area (Å²) in [6.07, 6.45) is 9.35. The summed E-state index contributed by atoms with van der Waals surface area (Å²) in [4.78, 5) is 3.82. The summed E-state index contributed by atoms with van der Waals surface area (Å²) in [7, 11) is 0. The lowest BCUT2D eigenvalue weighted by molar-refractivity contribution is 0.176. The highest BCUT2D eigenvalue weighted by atomic mass is 32.1. The summed E-state index contributed by atoms with van der Waals surface area (Å²) >= 11 is 5.43. The molecule has 0 spiro atoms. The quantitative estimate of drug-likeness (QED) is 0.626. The minimum atomic E-state index is 0.791. The van der Waals surface area contributed by atoms with Crippen LogP contribution in [0.2, 0.25) is 0 Å². The molecule has 0 aliphatic carbocycles. The second kappa shape index (κ2) is 3.95. The van der Waals surface area contributed by atoms with Gasteiger partial charge in [0.15, 0.2) is 0 Å². The number of hydrogen-bond donors (Lipinski definition) is 0. The van der Waals surface area contributed by atoms with Crippen molar-refractivity contribution < 1.29 is 0 Å². The zero-order chi connectivity index (χ0) is 9.26. The van der Waals surface area contributed by atoms with Crippen LogP contribution in [0.3, 0.4) is 0 Å². The highest BCUT2D eigenvalue weighted by molar-refractivity contribution is 7.80. The lowest BCUT2D eigenvalue weighted by Gasteiger charge is -2.39. The van der Waals surface area contributed by atoms with Gasteiger partial charge >= 0.3 is 0 Å². The van der Waals surface area contributed by atoms with Crippen LogP contribution in [-0.4, -0.2) is 22.0 Å². The van der Waals surface area contributed by atoms with Gasteiger partial charge in [-0.15, -0.1) is 0 Å². The third-order valence-corrected chi connectivity index (χ3v) is 3.88. The van der Waals surface area contributed by atoms with Crippen LogP contribution in [0.15, 0.2) is 0 Å². The van der Waals surface area contributed by atoms with E-state index in [1.54, 1.807) is 0 Å². The molecule has 2 rings (SSSR count).